The molecule has 0 fully saturated rings. The standard InChI is InChI=1S/C4H10BNO4/c1-5(10)6-3(2-7)4(8)9/h3,6-7,10H,2H2,1H3,(H,8,9)/t3-/m1/s1. The van der Waals surface area contributed by atoms with Crippen molar-refractivity contribution >= 4 is 13.0 Å². The second-order valence-corrected chi connectivity index (χ2v) is 1.92. The minimum atomic E-state index is -1.18. The Balaban J connectivity index is 3.72. The third kappa shape index (κ3) is 3.44. The van der Waals surface area contributed by atoms with Crippen molar-refractivity contribution in [3.05, 3.63) is 0 Å². The molecule has 0 aliphatic carbocycles. The molecule has 0 aromatic heterocycles. The first kappa shape index (κ1) is 9.41. The summed E-state index contributed by atoms with van der Waals surface area (Å²) < 4.78 is 0. The molecule has 5 nitrogen and oxygen atoms in total. The van der Waals surface area contributed by atoms with Gasteiger partial charge in [0.15, 0.2) is 0 Å². The molecule has 4 N–H and O–H groups in total. The number of hydrogen-bond donors (Lipinski definition) is 4. The van der Waals surface area contributed by atoms with Crippen molar-refractivity contribution in [2.45, 2.75) is 12.9 Å². The summed E-state index contributed by atoms with van der Waals surface area (Å²) >= 11 is 0. The third-order valence-electron chi connectivity index (χ3n) is 0.923. The first-order valence-corrected chi connectivity index (χ1v) is 2.85. The van der Waals surface area contributed by atoms with Gasteiger partial charge in [-0.25, -0.2) is 0 Å². The fourth-order valence-corrected chi connectivity index (χ4v) is 0.493. The Hall–Kier alpha value is -0.585. The lowest BCUT2D eigenvalue weighted by Gasteiger charge is -2.10. The zero-order chi connectivity index (χ0) is 8.15. The van der Waals surface area contributed by atoms with Crippen LogP contribution in [0.5, 0.6) is 0 Å². The minimum absolute atomic E-state index is 0.528. The number of rotatable bonds is 4. The average molecular weight is 147 g/mol. The van der Waals surface area contributed by atoms with Crippen LogP contribution in [0.25, 0.3) is 0 Å². The molecule has 0 aromatic carbocycles. The van der Waals surface area contributed by atoms with Crippen LogP contribution in [-0.4, -0.2) is 40.9 Å². The number of aliphatic carboxylic acids is 1. The van der Waals surface area contributed by atoms with Gasteiger partial charge in [-0.05, 0) is 6.82 Å². The maximum absolute atomic E-state index is 10.1. The highest BCUT2D eigenvalue weighted by atomic mass is 16.4. The Bertz CT molecular complexity index is 118. The van der Waals surface area contributed by atoms with E-state index in [2.05, 4.69) is 5.23 Å². The van der Waals surface area contributed by atoms with Gasteiger partial charge in [-0.2, -0.15) is 0 Å². The summed E-state index contributed by atoms with van der Waals surface area (Å²) in [6.07, 6.45) is 0. The first-order valence-electron chi connectivity index (χ1n) is 2.85. The largest absolute Gasteiger partial charge is 0.480 e. The quantitative estimate of drug-likeness (QED) is 0.350. The van der Waals surface area contributed by atoms with Crippen molar-refractivity contribution in [3.8, 4) is 0 Å². The predicted octanol–water partition coefficient (Wildman–Crippen LogP) is -1.87. The summed E-state index contributed by atoms with van der Waals surface area (Å²) in [6.45, 7) is 0.853. The van der Waals surface area contributed by atoms with E-state index in [0.717, 1.165) is 0 Å². The molecule has 0 amide bonds. The van der Waals surface area contributed by atoms with Gasteiger partial charge in [0.05, 0.1) is 6.61 Å². The number of nitrogens with one attached hydrogen (secondary N) is 1. The maximum Gasteiger partial charge on any atom is 0.374 e. The lowest BCUT2D eigenvalue weighted by Crippen LogP contribution is -2.46. The van der Waals surface area contributed by atoms with Crippen molar-refractivity contribution in [2.24, 2.45) is 0 Å². The van der Waals surface area contributed by atoms with Crippen LogP contribution in [0.1, 0.15) is 0 Å². The van der Waals surface area contributed by atoms with Crippen molar-refractivity contribution < 1.29 is 20.0 Å². The number of aliphatic hydroxyl groups excluding tert-OH is 1. The molecule has 0 aliphatic heterocycles. The normalized spacial score (nSPS) is 12.7. The summed E-state index contributed by atoms with van der Waals surface area (Å²) in [5, 5.41) is 27.5. The molecule has 6 heteroatoms. The van der Waals surface area contributed by atoms with Gasteiger partial charge in [0, 0.05) is 0 Å². The first-order chi connectivity index (χ1) is 4.57. The Labute approximate surface area is 58.8 Å². The minimum Gasteiger partial charge on any atom is -0.480 e. The van der Waals surface area contributed by atoms with E-state index in [9.17, 15) is 4.79 Å². The number of carboxylic acid groups (broad SMARTS) is 1. The summed E-state index contributed by atoms with van der Waals surface area (Å²) in [5.41, 5.74) is 0. The lowest BCUT2D eigenvalue weighted by atomic mass is 9.87. The SMILES string of the molecule is CB(O)N[C@H](CO)C(=O)O. The van der Waals surface area contributed by atoms with Gasteiger partial charge in [0.2, 0.25) is 0 Å². The fourth-order valence-electron chi connectivity index (χ4n) is 0.493. The Morgan fingerprint density at radius 2 is 2.30 bits per heavy atom. The van der Waals surface area contributed by atoms with Gasteiger partial charge in [-0.1, -0.05) is 0 Å². The highest BCUT2D eigenvalue weighted by Gasteiger charge is 2.18. The lowest BCUT2D eigenvalue weighted by molar-refractivity contribution is -0.140. The molecule has 0 rings (SSSR count). The molecule has 0 saturated heterocycles. The van der Waals surface area contributed by atoms with Crippen LogP contribution in [0, 0.1) is 0 Å². The molecule has 0 unspecified atom stereocenters. The van der Waals surface area contributed by atoms with Crippen molar-refractivity contribution in [2.75, 3.05) is 6.61 Å². The van der Waals surface area contributed by atoms with Crippen LogP contribution < -0.4 is 5.23 Å². The van der Waals surface area contributed by atoms with Gasteiger partial charge in [0.1, 0.15) is 6.04 Å². The molecule has 58 valence electrons. The molecule has 0 aliphatic rings. The van der Waals surface area contributed by atoms with Crippen molar-refractivity contribution in [1.29, 1.82) is 0 Å². The maximum atomic E-state index is 10.1. The van der Waals surface area contributed by atoms with Crippen molar-refractivity contribution in [1.82, 2.24) is 5.23 Å². The van der Waals surface area contributed by atoms with Gasteiger partial charge in [-0.3, -0.25) is 4.79 Å². The van der Waals surface area contributed by atoms with Crippen LogP contribution in [0.15, 0.2) is 0 Å². The third-order valence-corrected chi connectivity index (χ3v) is 0.923. The number of carbonyl (C=O) groups is 1. The smallest absolute Gasteiger partial charge is 0.374 e. The van der Waals surface area contributed by atoms with Gasteiger partial charge in [0.25, 0.3) is 0 Å². The molecular weight excluding hydrogens is 137 g/mol. The highest BCUT2D eigenvalue weighted by molar-refractivity contribution is 6.46. The van der Waals surface area contributed by atoms with Crippen LogP contribution in [-0.2, 0) is 4.79 Å². The summed E-state index contributed by atoms with van der Waals surface area (Å²) in [7, 11) is -0.923. The molecule has 0 heterocycles. The van der Waals surface area contributed by atoms with Gasteiger partial charge in [-0.15, -0.1) is 0 Å². The zero-order valence-electron chi connectivity index (χ0n) is 5.61. The Kier molecular flexibility index (Phi) is 4.02. The van der Waals surface area contributed by atoms with E-state index in [4.69, 9.17) is 15.2 Å². The summed E-state index contributed by atoms with van der Waals surface area (Å²) in [5.74, 6) is -1.18. The molecule has 0 aromatic rings. The van der Waals surface area contributed by atoms with E-state index < -0.39 is 25.7 Å². The van der Waals surface area contributed by atoms with Crippen LogP contribution in [0.2, 0.25) is 6.82 Å². The summed E-state index contributed by atoms with van der Waals surface area (Å²) in [4.78, 5) is 10.1. The Morgan fingerprint density at radius 3 is 2.40 bits per heavy atom. The second kappa shape index (κ2) is 4.27. The van der Waals surface area contributed by atoms with E-state index in [1.165, 1.54) is 6.82 Å². The topological polar surface area (TPSA) is 89.8 Å². The molecule has 0 radical (unpaired) electrons. The number of hydrogen-bond acceptors (Lipinski definition) is 4. The molecule has 0 spiro atoms. The van der Waals surface area contributed by atoms with E-state index >= 15 is 0 Å². The van der Waals surface area contributed by atoms with Crippen LogP contribution in [0.4, 0.5) is 0 Å². The molecule has 10 heavy (non-hydrogen) atoms. The van der Waals surface area contributed by atoms with E-state index in [1.54, 1.807) is 0 Å². The van der Waals surface area contributed by atoms with Crippen molar-refractivity contribution in [3.63, 3.8) is 0 Å². The zero-order valence-corrected chi connectivity index (χ0v) is 5.61. The highest BCUT2D eigenvalue weighted by Crippen LogP contribution is 1.81. The van der Waals surface area contributed by atoms with Crippen LogP contribution in [0.3, 0.4) is 0 Å². The molecule has 0 bridgehead atoms. The van der Waals surface area contributed by atoms with E-state index in [1.807, 2.05) is 0 Å². The van der Waals surface area contributed by atoms with Gasteiger partial charge >= 0.3 is 13.0 Å². The molecule has 0 saturated carbocycles. The number of aliphatic hydroxyl groups is 1. The average Bonchev–Trinajstić information content (AvgIpc) is 1.81. The van der Waals surface area contributed by atoms with E-state index in [-0.39, 0.29) is 0 Å². The van der Waals surface area contributed by atoms with Gasteiger partial charge < -0.3 is 20.5 Å². The Morgan fingerprint density at radius 1 is 1.80 bits per heavy atom. The summed E-state index contributed by atoms with van der Waals surface area (Å²) in [6, 6.07) is -1.08. The monoisotopic (exact) mass is 147 g/mol. The molecular formula is C4H10BNO4. The molecule has 1 atom stereocenters. The van der Waals surface area contributed by atoms with E-state index in [0.29, 0.717) is 0 Å². The van der Waals surface area contributed by atoms with Crippen LogP contribution >= 0.6 is 0 Å². The fraction of sp³-hybridized carbons (Fsp3) is 0.750. The predicted molar refractivity (Wildman–Crippen MR) is 35.5 cm³/mol. The second-order valence-electron chi connectivity index (χ2n) is 1.92. The number of carboxylic acids is 1.